The van der Waals surface area contributed by atoms with Gasteiger partial charge in [0.25, 0.3) is 0 Å². The van der Waals surface area contributed by atoms with Crippen molar-refractivity contribution in [2.24, 2.45) is 0 Å². The number of rotatable bonds is 1. The summed E-state index contributed by atoms with van der Waals surface area (Å²) < 4.78 is 37.7. The molecule has 1 heterocycles. The van der Waals surface area contributed by atoms with Crippen molar-refractivity contribution in [3.8, 4) is 5.06 Å². The van der Waals surface area contributed by atoms with Gasteiger partial charge in [-0.25, -0.2) is 0 Å². The molecule has 0 aromatic carbocycles. The Morgan fingerprint density at radius 2 is 2.20 bits per heavy atom. The molecular formula is C5H2F3OS. The molecule has 0 unspecified atom stereocenters. The van der Waals surface area contributed by atoms with E-state index in [1.807, 2.05) is 0 Å². The lowest BCUT2D eigenvalue weighted by Gasteiger charge is -2.04. The van der Waals surface area contributed by atoms with E-state index in [0.29, 0.717) is 0 Å². The average Bonchev–Trinajstić information content (AvgIpc) is 2.12. The SMILES string of the molecule is FC(F)(F)Oc1cc[c]s1. The van der Waals surface area contributed by atoms with Crippen LogP contribution in [0.2, 0.25) is 0 Å². The fourth-order valence-electron chi connectivity index (χ4n) is 0.397. The van der Waals surface area contributed by atoms with E-state index in [1.54, 1.807) is 0 Å². The lowest BCUT2D eigenvalue weighted by atomic mass is 10.7. The molecule has 0 spiro atoms. The molecule has 1 rings (SSSR count). The monoisotopic (exact) mass is 167 g/mol. The normalized spacial score (nSPS) is 11.5. The van der Waals surface area contributed by atoms with Crippen LogP contribution in [-0.4, -0.2) is 6.36 Å². The van der Waals surface area contributed by atoms with Crippen LogP contribution in [0.25, 0.3) is 0 Å². The van der Waals surface area contributed by atoms with Crippen LogP contribution >= 0.6 is 11.3 Å². The maximum absolute atomic E-state index is 11.4. The van der Waals surface area contributed by atoms with Crippen LogP contribution in [0, 0.1) is 5.38 Å². The minimum Gasteiger partial charge on any atom is -0.396 e. The molecule has 0 aliphatic heterocycles. The summed E-state index contributed by atoms with van der Waals surface area (Å²) in [6, 6.07) is 2.57. The first-order chi connectivity index (χ1) is 4.58. The van der Waals surface area contributed by atoms with E-state index in [2.05, 4.69) is 10.1 Å². The quantitative estimate of drug-likeness (QED) is 0.624. The van der Waals surface area contributed by atoms with Gasteiger partial charge in [0.1, 0.15) is 0 Å². The Balaban J connectivity index is 2.57. The summed E-state index contributed by atoms with van der Waals surface area (Å²) in [4.78, 5) is 0. The van der Waals surface area contributed by atoms with Gasteiger partial charge in [-0.1, -0.05) is 11.3 Å². The molecule has 0 saturated heterocycles. The van der Waals surface area contributed by atoms with Crippen molar-refractivity contribution < 1.29 is 17.9 Å². The summed E-state index contributed by atoms with van der Waals surface area (Å²) in [6.45, 7) is 0. The smallest absolute Gasteiger partial charge is 0.396 e. The second kappa shape index (κ2) is 2.49. The number of hydrogen-bond acceptors (Lipinski definition) is 2. The van der Waals surface area contributed by atoms with Crippen molar-refractivity contribution in [1.29, 1.82) is 0 Å². The van der Waals surface area contributed by atoms with E-state index >= 15 is 0 Å². The van der Waals surface area contributed by atoms with Crippen LogP contribution in [0.5, 0.6) is 5.06 Å². The van der Waals surface area contributed by atoms with E-state index in [4.69, 9.17) is 0 Å². The molecule has 1 radical (unpaired) electrons. The molecule has 0 atom stereocenters. The van der Waals surface area contributed by atoms with Crippen LogP contribution in [-0.2, 0) is 0 Å². The topological polar surface area (TPSA) is 9.23 Å². The van der Waals surface area contributed by atoms with Crippen molar-refractivity contribution in [1.82, 2.24) is 0 Å². The van der Waals surface area contributed by atoms with E-state index < -0.39 is 6.36 Å². The first-order valence-electron chi connectivity index (χ1n) is 2.29. The van der Waals surface area contributed by atoms with Crippen LogP contribution in [0.4, 0.5) is 13.2 Å². The van der Waals surface area contributed by atoms with Gasteiger partial charge in [0.15, 0.2) is 5.06 Å². The Bertz CT molecular complexity index is 191. The molecule has 0 fully saturated rings. The van der Waals surface area contributed by atoms with Crippen molar-refractivity contribution in [3.05, 3.63) is 17.5 Å². The number of thiophene rings is 1. The van der Waals surface area contributed by atoms with Gasteiger partial charge in [-0.05, 0) is 12.1 Å². The highest BCUT2D eigenvalue weighted by atomic mass is 32.1. The van der Waals surface area contributed by atoms with Gasteiger partial charge in [0, 0.05) is 5.38 Å². The summed E-state index contributed by atoms with van der Waals surface area (Å²) >= 11 is 0.783. The zero-order valence-corrected chi connectivity index (χ0v) is 5.42. The standard InChI is InChI=1S/C5H2F3OS/c6-5(7,8)9-4-2-1-3-10-4/h1-2H. The predicted octanol–water partition coefficient (Wildman–Crippen LogP) is 2.45. The van der Waals surface area contributed by atoms with Crippen LogP contribution in [0.15, 0.2) is 12.1 Å². The highest BCUT2D eigenvalue weighted by Gasteiger charge is 2.31. The molecule has 0 amide bonds. The van der Waals surface area contributed by atoms with Gasteiger partial charge in [-0.2, -0.15) is 0 Å². The van der Waals surface area contributed by atoms with Gasteiger partial charge >= 0.3 is 6.36 Å². The third kappa shape index (κ3) is 2.26. The molecule has 1 aromatic rings. The minimum atomic E-state index is -4.58. The summed E-state index contributed by atoms with van der Waals surface area (Å²) in [5.74, 6) is 0. The van der Waals surface area contributed by atoms with Crippen molar-refractivity contribution in [2.45, 2.75) is 6.36 Å². The highest BCUT2D eigenvalue weighted by molar-refractivity contribution is 7.11. The number of hydrogen-bond donors (Lipinski definition) is 0. The number of halogens is 3. The Morgan fingerprint density at radius 3 is 2.60 bits per heavy atom. The van der Waals surface area contributed by atoms with Gasteiger partial charge in [-0.15, -0.1) is 13.2 Å². The molecule has 1 aromatic heterocycles. The van der Waals surface area contributed by atoms with Gasteiger partial charge < -0.3 is 4.74 Å². The highest BCUT2D eigenvalue weighted by Crippen LogP contribution is 2.25. The fraction of sp³-hybridized carbons (Fsp3) is 0.200. The second-order valence-electron chi connectivity index (χ2n) is 1.42. The maximum Gasteiger partial charge on any atom is 0.573 e. The molecule has 5 heteroatoms. The Kier molecular flexibility index (Phi) is 1.85. The van der Waals surface area contributed by atoms with Crippen LogP contribution in [0.3, 0.4) is 0 Å². The third-order valence-electron chi connectivity index (χ3n) is 0.663. The lowest BCUT2D eigenvalue weighted by Crippen LogP contribution is -2.16. The molecule has 1 nitrogen and oxygen atoms in total. The molecule has 0 N–H and O–H groups in total. The van der Waals surface area contributed by atoms with Crippen molar-refractivity contribution in [3.63, 3.8) is 0 Å². The zero-order valence-electron chi connectivity index (χ0n) is 4.61. The Hall–Kier alpha value is -0.710. The molecule has 0 aliphatic rings. The van der Waals surface area contributed by atoms with E-state index in [0.717, 1.165) is 11.3 Å². The van der Waals surface area contributed by atoms with E-state index in [-0.39, 0.29) is 5.06 Å². The van der Waals surface area contributed by atoms with Gasteiger partial charge in [-0.3, -0.25) is 0 Å². The fourth-order valence-corrected chi connectivity index (χ4v) is 0.922. The largest absolute Gasteiger partial charge is 0.573 e. The molecule has 55 valence electrons. The summed E-state index contributed by atoms with van der Waals surface area (Å²) in [6.07, 6.45) is -4.58. The van der Waals surface area contributed by atoms with Crippen molar-refractivity contribution >= 4 is 11.3 Å². The van der Waals surface area contributed by atoms with Crippen LogP contribution < -0.4 is 4.74 Å². The summed E-state index contributed by atoms with van der Waals surface area (Å²) in [7, 11) is 0. The molecule has 10 heavy (non-hydrogen) atoms. The average molecular weight is 167 g/mol. The molecular weight excluding hydrogens is 165 g/mol. The Labute approximate surface area is 59.0 Å². The molecule has 0 aliphatic carbocycles. The van der Waals surface area contributed by atoms with E-state index in [1.165, 1.54) is 12.1 Å². The maximum atomic E-state index is 11.4. The Morgan fingerprint density at radius 1 is 1.50 bits per heavy atom. The molecule has 0 bridgehead atoms. The first-order valence-corrected chi connectivity index (χ1v) is 3.11. The molecule has 0 saturated carbocycles. The predicted molar refractivity (Wildman–Crippen MR) is 29.8 cm³/mol. The van der Waals surface area contributed by atoms with Gasteiger partial charge in [0.2, 0.25) is 0 Å². The second-order valence-corrected chi connectivity index (χ2v) is 2.26. The van der Waals surface area contributed by atoms with Crippen LogP contribution in [0.1, 0.15) is 0 Å². The summed E-state index contributed by atoms with van der Waals surface area (Å²) in [5, 5.41) is 2.28. The van der Waals surface area contributed by atoms with Gasteiger partial charge in [0.05, 0.1) is 0 Å². The van der Waals surface area contributed by atoms with E-state index in [9.17, 15) is 13.2 Å². The number of alkyl halides is 3. The summed E-state index contributed by atoms with van der Waals surface area (Å²) in [5.41, 5.74) is 0. The first kappa shape index (κ1) is 7.40. The lowest BCUT2D eigenvalue weighted by molar-refractivity contribution is -0.273. The third-order valence-corrected chi connectivity index (χ3v) is 1.34. The number of ether oxygens (including phenoxy) is 1. The minimum absolute atomic E-state index is 0.187. The van der Waals surface area contributed by atoms with Crippen molar-refractivity contribution in [2.75, 3.05) is 0 Å². The zero-order chi connectivity index (χ0) is 7.61.